The molecule has 0 fully saturated rings. The summed E-state index contributed by atoms with van der Waals surface area (Å²) < 4.78 is 3.29. The monoisotopic (exact) mass is 315 g/mol. The summed E-state index contributed by atoms with van der Waals surface area (Å²) in [7, 11) is 1.78. The molecule has 1 N–H and O–H groups in total. The quantitative estimate of drug-likeness (QED) is 0.805. The normalized spacial score (nSPS) is 10.9. The predicted molar refractivity (Wildman–Crippen MR) is 86.9 cm³/mol. The van der Waals surface area contributed by atoms with E-state index in [1.54, 1.807) is 40.0 Å². The number of aromatic nitrogens is 4. The molecule has 0 aliphatic heterocycles. The summed E-state index contributed by atoms with van der Waals surface area (Å²) in [6.07, 6.45) is 3.54. The molecule has 22 heavy (non-hydrogen) atoms. The number of nitrogens with one attached hydrogen (secondary N) is 1. The van der Waals surface area contributed by atoms with E-state index in [1.807, 2.05) is 13.1 Å². The van der Waals surface area contributed by atoms with Crippen molar-refractivity contribution in [2.45, 2.75) is 20.4 Å². The van der Waals surface area contributed by atoms with E-state index >= 15 is 0 Å². The molecule has 0 saturated heterocycles. The maximum Gasteiger partial charge on any atom is 0.247 e. The molecule has 3 aromatic rings. The first-order chi connectivity index (χ1) is 10.5. The van der Waals surface area contributed by atoms with Crippen LogP contribution in [0.1, 0.15) is 10.4 Å². The van der Waals surface area contributed by atoms with Crippen LogP contribution in [-0.4, -0.2) is 25.5 Å². The fourth-order valence-corrected chi connectivity index (χ4v) is 3.15. The number of nitrogens with zero attached hydrogens (tertiary/aromatic N) is 4. The molecular formula is C15H17N5OS. The first-order valence-electron chi connectivity index (χ1n) is 6.91. The van der Waals surface area contributed by atoms with E-state index in [0.29, 0.717) is 5.82 Å². The van der Waals surface area contributed by atoms with Crippen LogP contribution in [0, 0.1) is 13.8 Å². The summed E-state index contributed by atoms with van der Waals surface area (Å²) >= 11 is 1.70. The average molecular weight is 315 g/mol. The van der Waals surface area contributed by atoms with Gasteiger partial charge >= 0.3 is 0 Å². The molecule has 0 unspecified atom stereocenters. The fourth-order valence-electron chi connectivity index (χ4n) is 2.23. The minimum Gasteiger partial charge on any atom is -0.309 e. The van der Waals surface area contributed by atoms with E-state index in [4.69, 9.17) is 0 Å². The Morgan fingerprint density at radius 2 is 2.14 bits per heavy atom. The second-order valence-corrected chi connectivity index (χ2v) is 6.44. The van der Waals surface area contributed by atoms with E-state index in [2.05, 4.69) is 34.6 Å². The van der Waals surface area contributed by atoms with Crippen molar-refractivity contribution in [1.82, 2.24) is 19.6 Å². The SMILES string of the molecule is Cc1ccc(-c2nn(CC(=O)Nc3ccnn3C)cc2C)s1. The highest BCUT2D eigenvalue weighted by atomic mass is 32.1. The third-order valence-corrected chi connectivity index (χ3v) is 4.32. The Bertz CT molecular complexity index is 814. The van der Waals surface area contributed by atoms with Crippen molar-refractivity contribution in [3.8, 4) is 10.6 Å². The standard InChI is InChI=1S/C15H17N5OS/c1-10-8-20(18-15(10)12-5-4-11(2)22-12)9-14(21)17-13-6-7-16-19(13)3/h4-8H,9H2,1-3H3,(H,17,21). The summed E-state index contributed by atoms with van der Waals surface area (Å²) in [5, 5.41) is 11.4. The van der Waals surface area contributed by atoms with Gasteiger partial charge in [-0.1, -0.05) is 0 Å². The van der Waals surface area contributed by atoms with Crippen molar-refractivity contribution in [1.29, 1.82) is 0 Å². The van der Waals surface area contributed by atoms with Crippen molar-refractivity contribution in [3.63, 3.8) is 0 Å². The number of hydrogen-bond acceptors (Lipinski definition) is 4. The summed E-state index contributed by atoms with van der Waals surface area (Å²) in [6.45, 7) is 4.26. The van der Waals surface area contributed by atoms with Gasteiger partial charge in [0.1, 0.15) is 18.1 Å². The molecule has 6 nitrogen and oxygen atoms in total. The highest BCUT2D eigenvalue weighted by molar-refractivity contribution is 7.15. The molecule has 0 aliphatic rings. The lowest BCUT2D eigenvalue weighted by Gasteiger charge is -2.05. The molecule has 3 rings (SSSR count). The number of rotatable bonds is 4. The molecule has 7 heteroatoms. The van der Waals surface area contributed by atoms with Gasteiger partial charge in [0.05, 0.1) is 11.1 Å². The van der Waals surface area contributed by atoms with Gasteiger partial charge in [0, 0.05) is 24.2 Å². The van der Waals surface area contributed by atoms with Gasteiger partial charge in [-0.3, -0.25) is 14.2 Å². The van der Waals surface area contributed by atoms with Crippen molar-refractivity contribution in [2.75, 3.05) is 5.32 Å². The Kier molecular flexibility index (Phi) is 3.81. The van der Waals surface area contributed by atoms with Gasteiger partial charge in [0.25, 0.3) is 0 Å². The Morgan fingerprint density at radius 1 is 1.32 bits per heavy atom. The first-order valence-corrected chi connectivity index (χ1v) is 7.73. The van der Waals surface area contributed by atoms with Crippen LogP contribution in [0.3, 0.4) is 0 Å². The van der Waals surface area contributed by atoms with Gasteiger partial charge in [-0.15, -0.1) is 11.3 Å². The Balaban J connectivity index is 1.73. The number of anilines is 1. The molecule has 0 saturated carbocycles. The molecule has 0 bridgehead atoms. The van der Waals surface area contributed by atoms with Crippen LogP contribution in [0.15, 0.2) is 30.6 Å². The highest BCUT2D eigenvalue weighted by Crippen LogP contribution is 2.28. The maximum absolute atomic E-state index is 12.1. The summed E-state index contributed by atoms with van der Waals surface area (Å²) in [5.74, 6) is 0.544. The molecule has 114 valence electrons. The van der Waals surface area contributed by atoms with Crippen molar-refractivity contribution in [3.05, 3.63) is 41.0 Å². The lowest BCUT2D eigenvalue weighted by Crippen LogP contribution is -2.20. The maximum atomic E-state index is 12.1. The number of aryl methyl sites for hydroxylation is 3. The van der Waals surface area contributed by atoms with Gasteiger partial charge in [0.2, 0.25) is 5.91 Å². The summed E-state index contributed by atoms with van der Waals surface area (Å²) in [5.41, 5.74) is 2.00. The first kappa shape index (κ1) is 14.5. The lowest BCUT2D eigenvalue weighted by atomic mass is 10.2. The van der Waals surface area contributed by atoms with Crippen LogP contribution in [0.5, 0.6) is 0 Å². The van der Waals surface area contributed by atoms with Gasteiger partial charge in [0.15, 0.2) is 0 Å². The van der Waals surface area contributed by atoms with Crippen LogP contribution >= 0.6 is 11.3 Å². The molecule has 0 aromatic carbocycles. The summed E-state index contributed by atoms with van der Waals surface area (Å²) in [4.78, 5) is 14.5. The minimum atomic E-state index is -0.125. The minimum absolute atomic E-state index is 0.125. The zero-order valence-corrected chi connectivity index (χ0v) is 13.5. The van der Waals surface area contributed by atoms with Gasteiger partial charge in [-0.2, -0.15) is 10.2 Å². The van der Waals surface area contributed by atoms with Crippen molar-refractivity contribution < 1.29 is 4.79 Å². The topological polar surface area (TPSA) is 64.7 Å². The average Bonchev–Trinajstić information content (AvgIpc) is 3.13. The van der Waals surface area contributed by atoms with Crippen LogP contribution in [0.2, 0.25) is 0 Å². The highest BCUT2D eigenvalue weighted by Gasteiger charge is 2.12. The van der Waals surface area contributed by atoms with E-state index in [1.165, 1.54) is 4.88 Å². The van der Waals surface area contributed by atoms with Crippen LogP contribution in [0.4, 0.5) is 5.82 Å². The number of carbonyl (C=O) groups is 1. The Morgan fingerprint density at radius 3 is 2.77 bits per heavy atom. The molecule has 0 aliphatic carbocycles. The molecule has 3 heterocycles. The van der Waals surface area contributed by atoms with E-state index < -0.39 is 0 Å². The molecule has 3 aromatic heterocycles. The third kappa shape index (κ3) is 2.94. The van der Waals surface area contributed by atoms with Crippen LogP contribution in [0.25, 0.3) is 10.6 Å². The number of amides is 1. The smallest absolute Gasteiger partial charge is 0.247 e. The van der Waals surface area contributed by atoms with Gasteiger partial charge < -0.3 is 5.32 Å². The Hall–Kier alpha value is -2.41. The number of hydrogen-bond donors (Lipinski definition) is 1. The molecule has 0 atom stereocenters. The predicted octanol–water partition coefficient (Wildman–Crippen LogP) is 2.60. The van der Waals surface area contributed by atoms with E-state index in [9.17, 15) is 4.79 Å². The van der Waals surface area contributed by atoms with Crippen molar-refractivity contribution >= 4 is 23.1 Å². The lowest BCUT2D eigenvalue weighted by molar-refractivity contribution is -0.116. The summed E-state index contributed by atoms with van der Waals surface area (Å²) in [6, 6.07) is 5.90. The van der Waals surface area contributed by atoms with E-state index in [0.717, 1.165) is 16.1 Å². The van der Waals surface area contributed by atoms with Crippen molar-refractivity contribution in [2.24, 2.45) is 7.05 Å². The third-order valence-electron chi connectivity index (χ3n) is 3.31. The second kappa shape index (κ2) is 5.76. The molecule has 0 radical (unpaired) electrons. The molecule has 1 amide bonds. The largest absolute Gasteiger partial charge is 0.309 e. The zero-order valence-electron chi connectivity index (χ0n) is 12.7. The molecular weight excluding hydrogens is 298 g/mol. The van der Waals surface area contributed by atoms with E-state index in [-0.39, 0.29) is 12.5 Å². The van der Waals surface area contributed by atoms with Crippen LogP contribution in [-0.2, 0) is 18.4 Å². The second-order valence-electron chi connectivity index (χ2n) is 5.16. The van der Waals surface area contributed by atoms with Gasteiger partial charge in [-0.05, 0) is 31.5 Å². The number of thiophene rings is 1. The van der Waals surface area contributed by atoms with Gasteiger partial charge in [-0.25, -0.2) is 0 Å². The zero-order chi connectivity index (χ0) is 15.7. The fraction of sp³-hybridized carbons (Fsp3) is 0.267. The Labute approximate surface area is 132 Å². The number of carbonyl (C=O) groups excluding carboxylic acids is 1. The molecule has 0 spiro atoms. The van der Waals surface area contributed by atoms with Crippen LogP contribution < -0.4 is 5.32 Å².